The quantitative estimate of drug-likeness (QED) is 0.727. The van der Waals surface area contributed by atoms with Crippen LogP contribution in [0.3, 0.4) is 0 Å². The molecule has 1 aliphatic heterocycles. The summed E-state index contributed by atoms with van der Waals surface area (Å²) >= 11 is 0. The summed E-state index contributed by atoms with van der Waals surface area (Å²) in [4.78, 5) is 28.5. The molecule has 144 valence electrons. The summed E-state index contributed by atoms with van der Waals surface area (Å²) in [6.45, 7) is 3.58. The number of hydrogen-bond donors (Lipinski definition) is 2. The maximum Gasteiger partial charge on any atom is 0.341 e. The molecule has 0 saturated heterocycles. The van der Waals surface area contributed by atoms with Crippen molar-refractivity contribution >= 4 is 17.0 Å². The van der Waals surface area contributed by atoms with Gasteiger partial charge in [-0.2, -0.15) is 0 Å². The van der Waals surface area contributed by atoms with E-state index in [1.54, 1.807) is 4.57 Å². The van der Waals surface area contributed by atoms with E-state index in [0.29, 0.717) is 23.8 Å². The second-order valence-corrected chi connectivity index (χ2v) is 7.66. The molecule has 28 heavy (non-hydrogen) atoms. The second kappa shape index (κ2) is 6.00. The minimum Gasteiger partial charge on any atom is -0.477 e. The second-order valence-electron chi connectivity index (χ2n) is 7.66. The summed E-state index contributed by atoms with van der Waals surface area (Å²) in [6.07, 6.45) is 5.00. The third kappa shape index (κ3) is 2.63. The number of nitrogens with zero attached hydrogens (tertiary/aromatic N) is 3. The molecule has 3 aromatic heterocycles. The predicted octanol–water partition coefficient (Wildman–Crippen LogP) is 2.53. The van der Waals surface area contributed by atoms with Crippen molar-refractivity contribution < 1.29 is 14.3 Å². The fourth-order valence-corrected chi connectivity index (χ4v) is 3.87. The first-order valence-corrected chi connectivity index (χ1v) is 9.34. The largest absolute Gasteiger partial charge is 0.477 e. The summed E-state index contributed by atoms with van der Waals surface area (Å²) in [6, 6.07) is 3.46. The highest BCUT2D eigenvalue weighted by molar-refractivity contribution is 5.92. The predicted molar refractivity (Wildman–Crippen MR) is 101 cm³/mol. The number of aromatic nitrogens is 3. The van der Waals surface area contributed by atoms with E-state index in [1.165, 1.54) is 6.20 Å². The van der Waals surface area contributed by atoms with E-state index in [4.69, 9.17) is 0 Å². The van der Waals surface area contributed by atoms with Crippen LogP contribution in [0.1, 0.15) is 41.9 Å². The van der Waals surface area contributed by atoms with Crippen LogP contribution in [0.2, 0.25) is 0 Å². The van der Waals surface area contributed by atoms with Gasteiger partial charge < -0.3 is 19.6 Å². The Balaban J connectivity index is 1.73. The van der Waals surface area contributed by atoms with Crippen LogP contribution in [-0.4, -0.2) is 31.2 Å². The van der Waals surface area contributed by atoms with Gasteiger partial charge in [0, 0.05) is 48.8 Å². The number of nitrogens with one attached hydrogen (secondary N) is 1. The van der Waals surface area contributed by atoms with E-state index in [0.717, 1.165) is 31.1 Å². The summed E-state index contributed by atoms with van der Waals surface area (Å²) in [7, 11) is 0. The molecule has 5 rings (SSSR count). The zero-order chi connectivity index (χ0) is 19.6. The molecule has 3 aromatic rings. The summed E-state index contributed by atoms with van der Waals surface area (Å²) in [5.74, 6) is -1.94. The van der Waals surface area contributed by atoms with Gasteiger partial charge in [-0.05, 0) is 31.9 Å². The normalized spacial score (nSPS) is 19.0. The Labute approximate surface area is 159 Å². The van der Waals surface area contributed by atoms with Crippen molar-refractivity contribution in [3.8, 4) is 11.3 Å². The van der Waals surface area contributed by atoms with Crippen molar-refractivity contribution in [2.24, 2.45) is 0 Å². The molecule has 0 unspecified atom stereocenters. The monoisotopic (exact) mass is 382 g/mol. The van der Waals surface area contributed by atoms with Crippen molar-refractivity contribution in [2.75, 3.05) is 0 Å². The highest BCUT2D eigenvalue weighted by Gasteiger charge is 2.28. The average molecular weight is 382 g/mol. The van der Waals surface area contributed by atoms with Gasteiger partial charge in [0.2, 0.25) is 5.43 Å². The zero-order valence-electron chi connectivity index (χ0n) is 15.3. The van der Waals surface area contributed by atoms with Crippen LogP contribution in [-0.2, 0) is 13.1 Å². The van der Waals surface area contributed by atoms with Crippen molar-refractivity contribution in [1.29, 1.82) is 0 Å². The van der Waals surface area contributed by atoms with E-state index < -0.39 is 17.2 Å². The molecule has 2 aliphatic rings. The fourth-order valence-electron chi connectivity index (χ4n) is 3.87. The molecule has 1 aliphatic carbocycles. The molecule has 7 nitrogen and oxygen atoms in total. The number of rotatable bonds is 3. The third-order valence-electron chi connectivity index (χ3n) is 5.49. The van der Waals surface area contributed by atoms with Crippen LogP contribution in [0.4, 0.5) is 4.39 Å². The Morgan fingerprint density at radius 3 is 2.82 bits per heavy atom. The van der Waals surface area contributed by atoms with E-state index in [1.807, 2.05) is 12.3 Å². The highest BCUT2D eigenvalue weighted by Crippen LogP contribution is 2.37. The number of carbonyl (C=O) groups is 1. The van der Waals surface area contributed by atoms with E-state index in [2.05, 4.69) is 21.8 Å². The molecule has 4 heterocycles. The van der Waals surface area contributed by atoms with Crippen LogP contribution >= 0.6 is 0 Å². The molecule has 0 radical (unpaired) electrons. The summed E-state index contributed by atoms with van der Waals surface area (Å²) in [5, 5.41) is 12.7. The lowest BCUT2D eigenvalue weighted by Gasteiger charge is -2.22. The first-order valence-electron chi connectivity index (χ1n) is 9.34. The standard InChI is InChI=1S/C20H19FN4O3/c1-10-7-24-8-11(4-13(24)6-22-10)17-16(21)5-14-18(26)15(20(27)28)9-25(12-2-3-12)19(14)23-17/h4-5,8-10,12,22H,2-3,6-7H2,1H3,(H,27,28)/t10-/m0/s1. The molecular weight excluding hydrogens is 363 g/mol. The first kappa shape index (κ1) is 17.1. The Morgan fingerprint density at radius 2 is 2.11 bits per heavy atom. The molecule has 0 aromatic carbocycles. The number of aromatic carboxylic acids is 1. The van der Waals surface area contributed by atoms with Crippen LogP contribution in [0.15, 0.2) is 29.3 Å². The number of halogens is 1. The molecule has 0 amide bonds. The average Bonchev–Trinajstić information content (AvgIpc) is 3.41. The minimum atomic E-state index is -1.31. The Morgan fingerprint density at radius 1 is 1.32 bits per heavy atom. The minimum absolute atomic E-state index is 0.00677. The third-order valence-corrected chi connectivity index (χ3v) is 5.49. The Kier molecular flexibility index (Phi) is 3.67. The van der Waals surface area contributed by atoms with Gasteiger partial charge in [0.15, 0.2) is 0 Å². The van der Waals surface area contributed by atoms with Gasteiger partial charge in [-0.1, -0.05) is 0 Å². The van der Waals surface area contributed by atoms with Crippen molar-refractivity contribution in [2.45, 2.75) is 44.9 Å². The number of carboxylic acid groups (broad SMARTS) is 1. The lowest BCUT2D eigenvalue weighted by Crippen LogP contribution is -2.35. The molecule has 8 heteroatoms. The summed E-state index contributed by atoms with van der Waals surface area (Å²) < 4.78 is 18.7. The van der Waals surface area contributed by atoms with Gasteiger partial charge in [0.1, 0.15) is 22.7 Å². The molecule has 1 fully saturated rings. The number of hydrogen-bond acceptors (Lipinski definition) is 4. The molecule has 1 saturated carbocycles. The van der Waals surface area contributed by atoms with Crippen molar-refractivity contribution in [1.82, 2.24) is 19.4 Å². The van der Waals surface area contributed by atoms with E-state index in [9.17, 15) is 19.1 Å². The van der Waals surface area contributed by atoms with Gasteiger partial charge in [-0.15, -0.1) is 0 Å². The number of fused-ring (bicyclic) bond motifs is 2. The van der Waals surface area contributed by atoms with Gasteiger partial charge >= 0.3 is 5.97 Å². The molecule has 0 spiro atoms. The van der Waals surface area contributed by atoms with Crippen LogP contribution < -0.4 is 10.7 Å². The van der Waals surface area contributed by atoms with Gasteiger partial charge in [0.25, 0.3) is 0 Å². The lowest BCUT2D eigenvalue weighted by molar-refractivity contribution is 0.0695. The van der Waals surface area contributed by atoms with E-state index >= 15 is 0 Å². The number of carboxylic acids is 1. The Bertz CT molecular complexity index is 1190. The van der Waals surface area contributed by atoms with E-state index in [-0.39, 0.29) is 22.7 Å². The first-order chi connectivity index (χ1) is 13.4. The lowest BCUT2D eigenvalue weighted by atomic mass is 10.1. The summed E-state index contributed by atoms with van der Waals surface area (Å²) in [5.41, 5.74) is 1.17. The maximum atomic E-state index is 14.9. The van der Waals surface area contributed by atoms with Gasteiger partial charge in [-0.25, -0.2) is 14.2 Å². The Hall–Kier alpha value is -3.00. The van der Waals surface area contributed by atoms with Gasteiger partial charge in [-0.3, -0.25) is 4.79 Å². The zero-order valence-corrected chi connectivity index (χ0v) is 15.3. The SMILES string of the molecule is C[C@H]1Cn2cc(-c3nc4c(cc3F)c(=O)c(C(=O)O)cn4C3CC3)cc2CN1. The van der Waals surface area contributed by atoms with Gasteiger partial charge in [0.05, 0.1) is 5.39 Å². The molecule has 0 bridgehead atoms. The van der Waals surface area contributed by atoms with Crippen LogP contribution in [0.5, 0.6) is 0 Å². The van der Waals surface area contributed by atoms with Crippen molar-refractivity contribution in [3.05, 3.63) is 51.8 Å². The fraction of sp³-hybridized carbons (Fsp3) is 0.350. The van der Waals surface area contributed by atoms with Crippen molar-refractivity contribution in [3.63, 3.8) is 0 Å². The van der Waals surface area contributed by atoms with Crippen LogP contribution in [0.25, 0.3) is 22.3 Å². The molecule has 2 N–H and O–H groups in total. The number of pyridine rings is 2. The van der Waals surface area contributed by atoms with Crippen LogP contribution in [0, 0.1) is 5.82 Å². The topological polar surface area (TPSA) is 89.2 Å². The maximum absolute atomic E-state index is 14.9. The highest BCUT2D eigenvalue weighted by atomic mass is 19.1. The smallest absolute Gasteiger partial charge is 0.341 e. The molecule has 1 atom stereocenters. The molecular formula is C20H19FN4O3.